The molecule has 0 radical (unpaired) electrons. The Morgan fingerprint density at radius 3 is 2.32 bits per heavy atom. The Kier molecular flexibility index (Phi) is 9.13. The van der Waals surface area contributed by atoms with Crippen molar-refractivity contribution < 1.29 is 9.47 Å². The van der Waals surface area contributed by atoms with Gasteiger partial charge in [-0.05, 0) is 50.7 Å². The van der Waals surface area contributed by atoms with E-state index in [-0.39, 0.29) is 5.41 Å². The average Bonchev–Trinajstić information content (AvgIpc) is 2.56. The van der Waals surface area contributed by atoms with Crippen LogP contribution in [0.25, 0.3) is 0 Å². The van der Waals surface area contributed by atoms with Crippen LogP contribution in [-0.4, -0.2) is 64.9 Å². The Balaban J connectivity index is 2.42. The van der Waals surface area contributed by atoms with E-state index in [4.69, 9.17) is 14.5 Å². The standard InChI is InChI=1S/C19H34N4O2/c1-7-20-18(22-14-19(2,3)15-23(4)5)21-12-13-25-17-10-8-16(24-6)9-11-17/h8-11H,7,12-15H2,1-6H3,(H2,20,21,22). The second-order valence-electron chi connectivity index (χ2n) is 7.05. The SMILES string of the molecule is CCNC(=NCC(C)(C)CN(C)C)NCCOc1ccc(OC)cc1. The highest BCUT2D eigenvalue weighted by Gasteiger charge is 2.18. The van der Waals surface area contributed by atoms with Crippen LogP contribution in [0.4, 0.5) is 0 Å². The van der Waals surface area contributed by atoms with Gasteiger partial charge in [-0.1, -0.05) is 13.8 Å². The first-order valence-electron chi connectivity index (χ1n) is 8.80. The smallest absolute Gasteiger partial charge is 0.191 e. The lowest BCUT2D eigenvalue weighted by molar-refractivity contribution is 0.248. The maximum atomic E-state index is 5.72. The monoisotopic (exact) mass is 350 g/mol. The topological polar surface area (TPSA) is 58.1 Å². The molecule has 0 aliphatic rings. The summed E-state index contributed by atoms with van der Waals surface area (Å²) in [5.41, 5.74) is 0.130. The number of benzene rings is 1. The number of ether oxygens (including phenoxy) is 2. The zero-order valence-corrected chi connectivity index (χ0v) is 16.6. The summed E-state index contributed by atoms with van der Waals surface area (Å²) in [7, 11) is 5.83. The van der Waals surface area contributed by atoms with Crippen LogP contribution in [0.5, 0.6) is 11.5 Å². The quantitative estimate of drug-likeness (QED) is 0.385. The normalized spacial score (nSPS) is 12.2. The summed E-state index contributed by atoms with van der Waals surface area (Å²) in [6.07, 6.45) is 0. The van der Waals surface area contributed by atoms with Crippen LogP contribution in [0.15, 0.2) is 29.3 Å². The first-order chi connectivity index (χ1) is 11.9. The van der Waals surface area contributed by atoms with Crippen LogP contribution >= 0.6 is 0 Å². The van der Waals surface area contributed by atoms with E-state index in [0.717, 1.165) is 37.1 Å². The van der Waals surface area contributed by atoms with Gasteiger partial charge in [0.05, 0.1) is 13.7 Å². The van der Waals surface area contributed by atoms with Crippen molar-refractivity contribution in [2.45, 2.75) is 20.8 Å². The zero-order chi connectivity index (χ0) is 18.7. The predicted octanol–water partition coefficient (Wildman–Crippen LogP) is 2.22. The van der Waals surface area contributed by atoms with E-state index in [1.807, 2.05) is 24.3 Å². The highest BCUT2D eigenvalue weighted by atomic mass is 16.5. The van der Waals surface area contributed by atoms with E-state index >= 15 is 0 Å². The molecule has 6 heteroatoms. The van der Waals surface area contributed by atoms with Gasteiger partial charge in [0.15, 0.2) is 5.96 Å². The third-order valence-corrected chi connectivity index (χ3v) is 3.48. The van der Waals surface area contributed by atoms with Crippen molar-refractivity contribution in [3.63, 3.8) is 0 Å². The average molecular weight is 351 g/mol. The molecule has 0 aliphatic heterocycles. The molecule has 0 heterocycles. The van der Waals surface area contributed by atoms with E-state index in [0.29, 0.717) is 13.2 Å². The zero-order valence-electron chi connectivity index (χ0n) is 16.6. The predicted molar refractivity (Wildman–Crippen MR) is 105 cm³/mol. The summed E-state index contributed by atoms with van der Waals surface area (Å²) >= 11 is 0. The summed E-state index contributed by atoms with van der Waals surface area (Å²) in [4.78, 5) is 6.89. The van der Waals surface area contributed by atoms with Gasteiger partial charge in [0.2, 0.25) is 0 Å². The van der Waals surface area contributed by atoms with Gasteiger partial charge in [-0.15, -0.1) is 0 Å². The molecule has 0 saturated carbocycles. The van der Waals surface area contributed by atoms with Crippen LogP contribution in [0.1, 0.15) is 20.8 Å². The third-order valence-electron chi connectivity index (χ3n) is 3.48. The molecule has 142 valence electrons. The van der Waals surface area contributed by atoms with Crippen LogP contribution in [0.2, 0.25) is 0 Å². The minimum atomic E-state index is 0.130. The first kappa shape index (κ1) is 21.1. The Morgan fingerprint density at radius 1 is 1.12 bits per heavy atom. The second kappa shape index (κ2) is 10.8. The summed E-state index contributed by atoms with van der Waals surface area (Å²) < 4.78 is 10.9. The van der Waals surface area contributed by atoms with E-state index < -0.39 is 0 Å². The largest absolute Gasteiger partial charge is 0.497 e. The molecule has 0 aromatic heterocycles. The van der Waals surface area contributed by atoms with Gasteiger partial charge in [-0.25, -0.2) is 0 Å². The number of hydrogen-bond donors (Lipinski definition) is 2. The molecule has 1 aromatic rings. The molecule has 0 fully saturated rings. The number of guanidine groups is 1. The van der Waals surface area contributed by atoms with Gasteiger partial charge in [0.25, 0.3) is 0 Å². The lowest BCUT2D eigenvalue weighted by atomic mass is 9.93. The molecular weight excluding hydrogens is 316 g/mol. The van der Waals surface area contributed by atoms with Gasteiger partial charge in [-0.2, -0.15) is 0 Å². The molecule has 0 saturated heterocycles. The van der Waals surface area contributed by atoms with Gasteiger partial charge >= 0.3 is 0 Å². The van der Waals surface area contributed by atoms with Crippen LogP contribution in [-0.2, 0) is 0 Å². The molecule has 1 aromatic carbocycles. The van der Waals surface area contributed by atoms with Gasteiger partial charge in [0.1, 0.15) is 18.1 Å². The molecule has 0 amide bonds. The first-order valence-corrected chi connectivity index (χ1v) is 8.80. The molecule has 1 rings (SSSR count). The summed E-state index contributed by atoms with van der Waals surface area (Å²) in [6, 6.07) is 7.59. The number of nitrogens with zero attached hydrogens (tertiary/aromatic N) is 2. The van der Waals surface area contributed by atoms with Gasteiger partial charge in [0, 0.05) is 19.6 Å². The fourth-order valence-electron chi connectivity index (χ4n) is 2.55. The van der Waals surface area contributed by atoms with Crippen LogP contribution in [0, 0.1) is 5.41 Å². The lowest BCUT2D eigenvalue weighted by Gasteiger charge is -2.26. The lowest BCUT2D eigenvalue weighted by Crippen LogP contribution is -2.40. The molecule has 0 spiro atoms. The fraction of sp³-hybridized carbons (Fsp3) is 0.632. The fourth-order valence-corrected chi connectivity index (χ4v) is 2.55. The van der Waals surface area contributed by atoms with Gasteiger partial charge in [-0.3, -0.25) is 4.99 Å². The van der Waals surface area contributed by atoms with Crippen molar-refractivity contribution in [1.82, 2.24) is 15.5 Å². The van der Waals surface area contributed by atoms with Crippen molar-refractivity contribution in [1.29, 1.82) is 0 Å². The number of aliphatic imine (C=N–C) groups is 1. The molecular formula is C19H34N4O2. The molecule has 0 aliphatic carbocycles. The van der Waals surface area contributed by atoms with Crippen molar-refractivity contribution in [3.05, 3.63) is 24.3 Å². The highest BCUT2D eigenvalue weighted by molar-refractivity contribution is 5.79. The summed E-state index contributed by atoms with van der Waals surface area (Å²) in [5.74, 6) is 2.48. The Morgan fingerprint density at radius 2 is 1.76 bits per heavy atom. The Labute approximate surface area is 152 Å². The number of methoxy groups -OCH3 is 1. The second-order valence-corrected chi connectivity index (χ2v) is 7.05. The Hall–Kier alpha value is -1.95. The molecule has 6 nitrogen and oxygen atoms in total. The molecule has 2 N–H and O–H groups in total. The van der Waals surface area contributed by atoms with Gasteiger partial charge < -0.3 is 25.0 Å². The maximum absolute atomic E-state index is 5.72. The summed E-state index contributed by atoms with van der Waals surface area (Å²) in [6.45, 7) is 10.4. The molecule has 0 bridgehead atoms. The van der Waals surface area contributed by atoms with Crippen LogP contribution in [0.3, 0.4) is 0 Å². The van der Waals surface area contributed by atoms with Crippen molar-refractivity contribution in [2.24, 2.45) is 10.4 Å². The minimum absolute atomic E-state index is 0.130. The van der Waals surface area contributed by atoms with E-state index in [9.17, 15) is 0 Å². The Bertz CT molecular complexity index is 513. The number of nitrogens with one attached hydrogen (secondary N) is 2. The van der Waals surface area contributed by atoms with E-state index in [2.05, 4.69) is 50.4 Å². The van der Waals surface area contributed by atoms with Crippen LogP contribution < -0.4 is 20.1 Å². The molecule has 0 unspecified atom stereocenters. The van der Waals surface area contributed by atoms with Crippen molar-refractivity contribution in [2.75, 3.05) is 54.0 Å². The molecule has 0 atom stereocenters. The third kappa shape index (κ3) is 9.19. The van der Waals surface area contributed by atoms with Crippen molar-refractivity contribution in [3.8, 4) is 11.5 Å². The minimum Gasteiger partial charge on any atom is -0.497 e. The maximum Gasteiger partial charge on any atom is 0.191 e. The number of rotatable bonds is 10. The summed E-state index contributed by atoms with van der Waals surface area (Å²) in [5, 5.41) is 6.59. The van der Waals surface area contributed by atoms with E-state index in [1.54, 1.807) is 7.11 Å². The highest BCUT2D eigenvalue weighted by Crippen LogP contribution is 2.17. The molecule has 25 heavy (non-hydrogen) atoms. The van der Waals surface area contributed by atoms with E-state index in [1.165, 1.54) is 0 Å². The van der Waals surface area contributed by atoms with Crippen molar-refractivity contribution >= 4 is 5.96 Å². The number of hydrogen-bond acceptors (Lipinski definition) is 4.